The summed E-state index contributed by atoms with van der Waals surface area (Å²) in [5, 5.41) is 10.5. The van der Waals surface area contributed by atoms with Crippen LogP contribution < -0.4 is 15.6 Å². The number of carbonyl (C=O) groups is 1. The van der Waals surface area contributed by atoms with Crippen molar-refractivity contribution >= 4 is 38.9 Å². The fraction of sp³-hybridized carbons (Fsp3) is 0.0714. The lowest BCUT2D eigenvalue weighted by molar-refractivity contribution is -0.385. The smallest absolute Gasteiger partial charge is 0.270 e. The van der Waals surface area contributed by atoms with Gasteiger partial charge in [0.05, 0.1) is 20.5 Å². The number of nitro groups is 1. The van der Waals surface area contributed by atoms with E-state index >= 15 is 0 Å². The normalized spacial score (nSPS) is 11.0. The molecule has 2 aromatic rings. The number of nitro benzene ring substituents is 1. The van der Waals surface area contributed by atoms with Crippen LogP contribution in [0.5, 0.6) is 0 Å². The summed E-state index contributed by atoms with van der Waals surface area (Å²) in [5.41, 5.74) is 1.21. The SMILES string of the molecule is NNC(=O)CN(c1ccc(F)c(Cl)c1)S(=O)(=O)c1cccc([N+](=O)[O-])c1. The molecule has 2 rings (SSSR count). The first-order chi connectivity index (χ1) is 12.2. The van der Waals surface area contributed by atoms with Crippen molar-refractivity contribution in [2.45, 2.75) is 4.90 Å². The molecule has 3 N–H and O–H groups in total. The number of sulfonamides is 1. The van der Waals surface area contributed by atoms with Gasteiger partial charge in [-0.05, 0) is 24.3 Å². The third kappa shape index (κ3) is 4.07. The van der Waals surface area contributed by atoms with Crippen LogP contribution in [0.1, 0.15) is 0 Å². The minimum absolute atomic E-state index is 0.119. The number of nitrogens with one attached hydrogen (secondary N) is 1. The number of halogens is 2. The molecule has 2 aromatic carbocycles. The summed E-state index contributed by atoms with van der Waals surface area (Å²) in [6.45, 7) is -0.747. The highest BCUT2D eigenvalue weighted by atomic mass is 35.5. The Hall–Kier alpha value is -2.76. The molecule has 0 bridgehead atoms. The van der Waals surface area contributed by atoms with Gasteiger partial charge in [-0.15, -0.1) is 0 Å². The summed E-state index contributed by atoms with van der Waals surface area (Å²) < 4.78 is 39.8. The van der Waals surface area contributed by atoms with Gasteiger partial charge >= 0.3 is 0 Å². The second-order valence-electron chi connectivity index (χ2n) is 4.93. The number of anilines is 1. The number of nitrogens with zero attached hydrogens (tertiary/aromatic N) is 2. The average molecular weight is 403 g/mol. The van der Waals surface area contributed by atoms with Gasteiger partial charge in [-0.25, -0.2) is 18.7 Å². The second kappa shape index (κ2) is 7.64. The number of rotatable bonds is 6. The van der Waals surface area contributed by atoms with Crippen molar-refractivity contribution in [3.63, 3.8) is 0 Å². The zero-order valence-electron chi connectivity index (χ0n) is 12.9. The Morgan fingerprint density at radius 2 is 2.00 bits per heavy atom. The Morgan fingerprint density at radius 3 is 2.58 bits per heavy atom. The molecule has 0 saturated carbocycles. The van der Waals surface area contributed by atoms with Gasteiger partial charge in [-0.2, -0.15) is 0 Å². The maximum Gasteiger partial charge on any atom is 0.270 e. The summed E-state index contributed by atoms with van der Waals surface area (Å²) in [7, 11) is -4.41. The molecule has 0 radical (unpaired) electrons. The number of benzene rings is 2. The molecule has 9 nitrogen and oxygen atoms in total. The predicted octanol–water partition coefficient (Wildman–Crippen LogP) is 1.57. The Balaban J connectivity index is 2.59. The molecule has 26 heavy (non-hydrogen) atoms. The molecule has 1 amide bonds. The van der Waals surface area contributed by atoms with Gasteiger partial charge in [0.15, 0.2) is 0 Å². The third-order valence-corrected chi connectivity index (χ3v) is 5.32. The molecule has 0 aromatic heterocycles. The molecular weight excluding hydrogens is 391 g/mol. The standard InChI is InChI=1S/C14H12ClFN4O5S/c15-12-7-9(4-5-13(12)16)19(8-14(21)18-17)26(24,25)11-3-1-2-10(6-11)20(22)23/h1-7H,8,17H2,(H,18,21). The molecule has 0 saturated heterocycles. The summed E-state index contributed by atoms with van der Waals surface area (Å²) in [5.74, 6) is 3.35. The Bertz CT molecular complexity index is 970. The van der Waals surface area contributed by atoms with E-state index in [2.05, 4.69) is 0 Å². The number of hydrogen-bond acceptors (Lipinski definition) is 6. The molecule has 0 aliphatic carbocycles. The average Bonchev–Trinajstić information content (AvgIpc) is 2.61. The number of hydrogen-bond donors (Lipinski definition) is 2. The first-order valence-corrected chi connectivity index (χ1v) is 8.70. The van der Waals surface area contributed by atoms with Crippen molar-refractivity contribution in [2.24, 2.45) is 5.84 Å². The van der Waals surface area contributed by atoms with E-state index in [9.17, 15) is 27.7 Å². The lowest BCUT2D eigenvalue weighted by Crippen LogP contribution is -2.43. The zero-order chi connectivity index (χ0) is 19.5. The Kier molecular flexibility index (Phi) is 5.75. The highest BCUT2D eigenvalue weighted by Crippen LogP contribution is 2.28. The monoisotopic (exact) mass is 402 g/mol. The number of nitrogens with two attached hydrogens (primary N) is 1. The number of amides is 1. The predicted molar refractivity (Wildman–Crippen MR) is 91.4 cm³/mol. The lowest BCUT2D eigenvalue weighted by Gasteiger charge is -2.23. The molecule has 12 heteroatoms. The maximum absolute atomic E-state index is 13.4. The first-order valence-electron chi connectivity index (χ1n) is 6.88. The van der Waals surface area contributed by atoms with Gasteiger partial charge in [0.2, 0.25) is 0 Å². The number of carbonyl (C=O) groups excluding carboxylic acids is 1. The third-order valence-electron chi connectivity index (χ3n) is 3.26. The van der Waals surface area contributed by atoms with Crippen molar-refractivity contribution in [3.05, 3.63) is 63.4 Å². The minimum Gasteiger partial charge on any atom is -0.293 e. The molecule has 0 atom stereocenters. The largest absolute Gasteiger partial charge is 0.293 e. The topological polar surface area (TPSA) is 136 Å². The van der Waals surface area contributed by atoms with Crippen LogP contribution in [-0.4, -0.2) is 25.8 Å². The maximum atomic E-state index is 13.4. The van der Waals surface area contributed by atoms with Crippen molar-refractivity contribution in [3.8, 4) is 0 Å². The minimum atomic E-state index is -4.41. The van der Waals surface area contributed by atoms with Crippen LogP contribution in [0.4, 0.5) is 15.8 Å². The van der Waals surface area contributed by atoms with Crippen molar-refractivity contribution in [1.29, 1.82) is 0 Å². The van der Waals surface area contributed by atoms with Gasteiger partial charge in [0.25, 0.3) is 21.6 Å². The van der Waals surface area contributed by atoms with Gasteiger partial charge in [-0.3, -0.25) is 24.6 Å². The highest BCUT2D eigenvalue weighted by Gasteiger charge is 2.28. The molecular formula is C14H12ClFN4O5S. The quantitative estimate of drug-likeness (QED) is 0.326. The van der Waals surface area contributed by atoms with Crippen LogP contribution in [0.25, 0.3) is 0 Å². The zero-order valence-corrected chi connectivity index (χ0v) is 14.5. The van der Waals surface area contributed by atoms with E-state index < -0.39 is 43.8 Å². The first kappa shape index (κ1) is 19.6. The van der Waals surface area contributed by atoms with Gasteiger partial charge in [0, 0.05) is 12.1 Å². The van der Waals surface area contributed by atoms with Crippen LogP contribution in [0.2, 0.25) is 5.02 Å². The van der Waals surface area contributed by atoms with E-state index in [0.717, 1.165) is 36.4 Å². The number of hydrazine groups is 1. The van der Waals surface area contributed by atoms with Crippen molar-refractivity contribution in [1.82, 2.24) is 5.43 Å². The summed E-state index contributed by atoms with van der Waals surface area (Å²) in [4.78, 5) is 21.3. The van der Waals surface area contributed by atoms with E-state index in [1.807, 2.05) is 0 Å². The molecule has 0 unspecified atom stereocenters. The van der Waals surface area contributed by atoms with E-state index in [4.69, 9.17) is 17.4 Å². The molecule has 0 fully saturated rings. The fourth-order valence-electron chi connectivity index (χ4n) is 2.02. The van der Waals surface area contributed by atoms with Gasteiger partial charge in [-0.1, -0.05) is 17.7 Å². The van der Waals surface area contributed by atoms with E-state index in [1.165, 1.54) is 6.07 Å². The van der Waals surface area contributed by atoms with Crippen LogP contribution in [0.15, 0.2) is 47.4 Å². The summed E-state index contributed by atoms with van der Waals surface area (Å²) >= 11 is 5.68. The fourth-order valence-corrected chi connectivity index (χ4v) is 3.64. The Morgan fingerprint density at radius 1 is 1.31 bits per heavy atom. The van der Waals surface area contributed by atoms with Crippen LogP contribution in [-0.2, 0) is 14.8 Å². The highest BCUT2D eigenvalue weighted by molar-refractivity contribution is 7.92. The van der Waals surface area contributed by atoms with Crippen molar-refractivity contribution in [2.75, 3.05) is 10.8 Å². The molecule has 0 heterocycles. The lowest BCUT2D eigenvalue weighted by atomic mass is 10.3. The van der Waals surface area contributed by atoms with Gasteiger partial charge < -0.3 is 0 Å². The number of non-ortho nitro benzene ring substituents is 1. The van der Waals surface area contributed by atoms with Crippen LogP contribution in [0, 0.1) is 15.9 Å². The van der Waals surface area contributed by atoms with E-state index in [1.54, 1.807) is 5.43 Å². The van der Waals surface area contributed by atoms with Crippen molar-refractivity contribution < 1.29 is 22.5 Å². The Labute approximate surface area is 152 Å². The molecule has 0 aliphatic heterocycles. The molecule has 0 spiro atoms. The van der Waals surface area contributed by atoms with E-state index in [0.29, 0.717) is 4.31 Å². The van der Waals surface area contributed by atoms with Crippen LogP contribution in [0.3, 0.4) is 0 Å². The van der Waals surface area contributed by atoms with Crippen LogP contribution >= 0.6 is 11.6 Å². The van der Waals surface area contributed by atoms with E-state index in [-0.39, 0.29) is 10.7 Å². The second-order valence-corrected chi connectivity index (χ2v) is 7.20. The summed E-state index contributed by atoms with van der Waals surface area (Å²) in [6.07, 6.45) is 0. The molecule has 138 valence electrons. The molecule has 0 aliphatic rings. The van der Waals surface area contributed by atoms with Gasteiger partial charge in [0.1, 0.15) is 12.4 Å². The summed E-state index contributed by atoms with van der Waals surface area (Å²) in [6, 6.07) is 7.30.